The molecule has 0 fully saturated rings. The molecule has 0 amide bonds. The van der Waals surface area contributed by atoms with Crippen LogP contribution < -0.4 is 5.32 Å². The molecule has 0 spiro atoms. The molecule has 0 saturated heterocycles. The van der Waals surface area contributed by atoms with E-state index in [1.165, 1.54) is 11.1 Å². The second-order valence-corrected chi connectivity index (χ2v) is 6.23. The molecule has 1 heterocycles. The van der Waals surface area contributed by atoms with Gasteiger partial charge in [0, 0.05) is 12.5 Å². The third-order valence-corrected chi connectivity index (χ3v) is 5.11. The first-order valence-electron chi connectivity index (χ1n) is 7.06. The Morgan fingerprint density at radius 1 is 1.30 bits per heavy atom. The molecule has 0 bridgehead atoms. The predicted molar refractivity (Wildman–Crippen MR) is 90.3 cm³/mol. The van der Waals surface area contributed by atoms with Crippen molar-refractivity contribution in [3.8, 4) is 0 Å². The molecule has 20 heavy (non-hydrogen) atoms. The van der Waals surface area contributed by atoms with Crippen molar-refractivity contribution in [1.82, 2.24) is 9.97 Å². The lowest BCUT2D eigenvalue weighted by atomic mass is 10.0. The molecule has 1 aliphatic rings. The standard InChI is InChI=1S/C16H18IN3/c1-3-18-16-14(17)10(2)19-15(20-16)13-9-8-11-6-4-5-7-12(11)13/h4-7,13H,3,8-9H2,1-2H3,(H,18,19,20). The fourth-order valence-corrected chi connectivity index (χ4v) is 3.28. The van der Waals surface area contributed by atoms with Gasteiger partial charge in [-0.25, -0.2) is 9.97 Å². The molecule has 1 atom stereocenters. The number of hydrogen-bond acceptors (Lipinski definition) is 3. The van der Waals surface area contributed by atoms with Crippen LogP contribution in [0.1, 0.15) is 41.9 Å². The zero-order valence-electron chi connectivity index (χ0n) is 11.8. The third kappa shape index (κ3) is 2.41. The first-order valence-corrected chi connectivity index (χ1v) is 8.14. The summed E-state index contributed by atoms with van der Waals surface area (Å²) in [4.78, 5) is 9.51. The van der Waals surface area contributed by atoms with Gasteiger partial charge in [-0.1, -0.05) is 24.3 Å². The Morgan fingerprint density at radius 3 is 2.90 bits per heavy atom. The second-order valence-electron chi connectivity index (χ2n) is 5.15. The molecule has 1 aromatic carbocycles. The summed E-state index contributed by atoms with van der Waals surface area (Å²) in [6.45, 7) is 5.04. The summed E-state index contributed by atoms with van der Waals surface area (Å²) in [7, 11) is 0. The molecular formula is C16H18IN3. The van der Waals surface area contributed by atoms with Crippen LogP contribution in [0.3, 0.4) is 0 Å². The van der Waals surface area contributed by atoms with E-state index < -0.39 is 0 Å². The highest BCUT2D eigenvalue weighted by atomic mass is 127. The van der Waals surface area contributed by atoms with Gasteiger partial charge in [-0.15, -0.1) is 0 Å². The minimum Gasteiger partial charge on any atom is -0.369 e. The highest BCUT2D eigenvalue weighted by molar-refractivity contribution is 14.1. The number of aromatic nitrogens is 2. The van der Waals surface area contributed by atoms with E-state index in [9.17, 15) is 0 Å². The van der Waals surface area contributed by atoms with E-state index in [0.29, 0.717) is 5.92 Å². The Kier molecular flexibility index (Phi) is 3.92. The second kappa shape index (κ2) is 5.68. The number of nitrogens with one attached hydrogen (secondary N) is 1. The summed E-state index contributed by atoms with van der Waals surface area (Å²) in [5.74, 6) is 2.28. The maximum Gasteiger partial charge on any atom is 0.143 e. The molecule has 3 rings (SSSR count). The van der Waals surface area contributed by atoms with E-state index in [4.69, 9.17) is 9.97 Å². The Bertz CT molecular complexity index is 640. The zero-order valence-corrected chi connectivity index (χ0v) is 13.9. The van der Waals surface area contributed by atoms with Crippen molar-refractivity contribution in [2.45, 2.75) is 32.6 Å². The fourth-order valence-electron chi connectivity index (χ4n) is 2.85. The minimum atomic E-state index is 0.347. The number of fused-ring (bicyclic) bond motifs is 1. The van der Waals surface area contributed by atoms with Crippen LogP contribution in [0.4, 0.5) is 5.82 Å². The largest absolute Gasteiger partial charge is 0.369 e. The maximum atomic E-state index is 4.77. The Hall–Kier alpha value is -1.17. The Balaban J connectivity index is 2.03. The molecule has 4 heteroatoms. The van der Waals surface area contributed by atoms with Gasteiger partial charge >= 0.3 is 0 Å². The highest BCUT2D eigenvalue weighted by Crippen LogP contribution is 2.37. The normalized spacial score (nSPS) is 17.1. The molecule has 0 saturated carbocycles. The van der Waals surface area contributed by atoms with Gasteiger partial charge in [-0.2, -0.15) is 0 Å². The van der Waals surface area contributed by atoms with Gasteiger partial charge < -0.3 is 5.32 Å². The fraction of sp³-hybridized carbons (Fsp3) is 0.375. The average molecular weight is 379 g/mol. The zero-order chi connectivity index (χ0) is 14.1. The van der Waals surface area contributed by atoms with Gasteiger partial charge in [-0.3, -0.25) is 0 Å². The third-order valence-electron chi connectivity index (χ3n) is 3.82. The summed E-state index contributed by atoms with van der Waals surface area (Å²) < 4.78 is 1.12. The molecule has 0 aliphatic heterocycles. The number of hydrogen-bond donors (Lipinski definition) is 1. The quantitative estimate of drug-likeness (QED) is 0.823. The van der Waals surface area contributed by atoms with Crippen LogP contribution in [-0.2, 0) is 6.42 Å². The van der Waals surface area contributed by atoms with Crippen molar-refractivity contribution in [3.63, 3.8) is 0 Å². The van der Waals surface area contributed by atoms with Crippen LogP contribution in [-0.4, -0.2) is 16.5 Å². The number of aryl methyl sites for hydroxylation is 2. The summed E-state index contributed by atoms with van der Waals surface area (Å²) >= 11 is 2.32. The Labute approximate surface area is 133 Å². The molecule has 3 nitrogen and oxygen atoms in total. The summed E-state index contributed by atoms with van der Waals surface area (Å²) in [6, 6.07) is 8.67. The SMILES string of the molecule is CCNc1nc(C2CCc3ccccc32)nc(C)c1I. The van der Waals surface area contributed by atoms with E-state index in [1.54, 1.807) is 0 Å². The van der Waals surface area contributed by atoms with Crippen molar-refractivity contribution < 1.29 is 0 Å². The number of nitrogens with zero attached hydrogens (tertiary/aromatic N) is 2. The van der Waals surface area contributed by atoms with Gasteiger partial charge in [0.05, 0.1) is 9.26 Å². The Morgan fingerprint density at radius 2 is 2.10 bits per heavy atom. The monoisotopic (exact) mass is 379 g/mol. The van der Waals surface area contributed by atoms with Crippen molar-refractivity contribution >= 4 is 28.4 Å². The number of halogens is 1. The van der Waals surface area contributed by atoms with Gasteiger partial charge in [0.2, 0.25) is 0 Å². The first kappa shape index (κ1) is 13.8. The average Bonchev–Trinajstić information content (AvgIpc) is 2.88. The topological polar surface area (TPSA) is 37.8 Å². The van der Waals surface area contributed by atoms with Crippen molar-refractivity contribution in [3.05, 3.63) is 50.5 Å². The molecule has 1 N–H and O–H groups in total. The van der Waals surface area contributed by atoms with E-state index in [-0.39, 0.29) is 0 Å². The van der Waals surface area contributed by atoms with Gasteiger partial charge in [-0.05, 0) is 60.4 Å². The van der Waals surface area contributed by atoms with E-state index in [2.05, 4.69) is 66.0 Å². The number of benzene rings is 1. The molecule has 104 valence electrons. The molecule has 1 aliphatic carbocycles. The highest BCUT2D eigenvalue weighted by Gasteiger charge is 2.26. The van der Waals surface area contributed by atoms with Crippen molar-refractivity contribution in [2.75, 3.05) is 11.9 Å². The molecule has 2 aromatic rings. The van der Waals surface area contributed by atoms with Crippen LogP contribution in [0, 0.1) is 10.5 Å². The van der Waals surface area contributed by atoms with Crippen LogP contribution in [0.25, 0.3) is 0 Å². The lowest BCUT2D eigenvalue weighted by Gasteiger charge is -2.14. The molecule has 0 radical (unpaired) electrons. The first-order chi connectivity index (χ1) is 9.70. The van der Waals surface area contributed by atoms with Crippen LogP contribution in [0.15, 0.2) is 24.3 Å². The van der Waals surface area contributed by atoms with Crippen molar-refractivity contribution in [2.24, 2.45) is 0 Å². The predicted octanol–water partition coefficient (Wildman–Crippen LogP) is 3.90. The lowest BCUT2D eigenvalue weighted by molar-refractivity contribution is 0.723. The van der Waals surface area contributed by atoms with Gasteiger partial charge in [0.15, 0.2) is 0 Å². The maximum absolute atomic E-state index is 4.77. The number of anilines is 1. The summed E-state index contributed by atoms with van der Waals surface area (Å²) in [5.41, 5.74) is 3.91. The molecule has 1 unspecified atom stereocenters. The van der Waals surface area contributed by atoms with E-state index >= 15 is 0 Å². The van der Waals surface area contributed by atoms with E-state index in [0.717, 1.165) is 40.3 Å². The molecule has 1 aromatic heterocycles. The van der Waals surface area contributed by atoms with Gasteiger partial charge in [0.25, 0.3) is 0 Å². The van der Waals surface area contributed by atoms with Crippen LogP contribution in [0.5, 0.6) is 0 Å². The van der Waals surface area contributed by atoms with Crippen LogP contribution in [0.2, 0.25) is 0 Å². The smallest absolute Gasteiger partial charge is 0.143 e. The van der Waals surface area contributed by atoms with E-state index in [1.807, 2.05) is 0 Å². The number of rotatable bonds is 3. The van der Waals surface area contributed by atoms with Crippen LogP contribution >= 0.6 is 22.6 Å². The minimum absolute atomic E-state index is 0.347. The lowest BCUT2D eigenvalue weighted by Crippen LogP contribution is -2.11. The molecular weight excluding hydrogens is 361 g/mol. The summed E-state index contributed by atoms with van der Waals surface area (Å²) in [5, 5.41) is 3.35. The summed E-state index contributed by atoms with van der Waals surface area (Å²) in [6.07, 6.45) is 2.25. The van der Waals surface area contributed by atoms with Gasteiger partial charge in [0.1, 0.15) is 11.6 Å². The van der Waals surface area contributed by atoms with Crippen molar-refractivity contribution in [1.29, 1.82) is 0 Å².